The van der Waals surface area contributed by atoms with E-state index in [9.17, 15) is 9.18 Å². The SMILES string of the molecule is CCN(CC)c1ccc(CNC(=O)c2cnn3c2CCCC3)cc1F. The minimum absolute atomic E-state index is 0.142. The van der Waals surface area contributed by atoms with Crippen molar-refractivity contribution in [3.8, 4) is 0 Å². The Hall–Kier alpha value is -2.37. The van der Waals surface area contributed by atoms with Crippen LogP contribution in [-0.4, -0.2) is 28.8 Å². The minimum Gasteiger partial charge on any atom is -0.370 e. The summed E-state index contributed by atoms with van der Waals surface area (Å²) in [4.78, 5) is 14.4. The first-order valence-electron chi connectivity index (χ1n) is 9.00. The van der Waals surface area contributed by atoms with Crippen molar-refractivity contribution in [2.24, 2.45) is 0 Å². The largest absolute Gasteiger partial charge is 0.370 e. The molecule has 1 aliphatic heterocycles. The number of rotatable bonds is 6. The van der Waals surface area contributed by atoms with E-state index in [0.29, 0.717) is 17.8 Å². The van der Waals surface area contributed by atoms with Crippen molar-refractivity contribution in [2.45, 2.75) is 46.2 Å². The number of fused-ring (bicyclic) bond motifs is 1. The smallest absolute Gasteiger partial charge is 0.255 e. The molecule has 0 fully saturated rings. The van der Waals surface area contributed by atoms with Gasteiger partial charge >= 0.3 is 0 Å². The third-order valence-corrected chi connectivity index (χ3v) is 4.80. The molecule has 1 aromatic heterocycles. The number of hydrogen-bond acceptors (Lipinski definition) is 3. The van der Waals surface area contributed by atoms with Crippen LogP contribution in [0.2, 0.25) is 0 Å². The van der Waals surface area contributed by atoms with Crippen LogP contribution in [-0.2, 0) is 19.5 Å². The molecule has 1 aromatic carbocycles. The molecule has 0 saturated heterocycles. The van der Waals surface area contributed by atoms with Gasteiger partial charge in [-0.2, -0.15) is 5.10 Å². The fraction of sp³-hybridized carbons (Fsp3) is 0.474. The van der Waals surface area contributed by atoms with Gasteiger partial charge in [-0.3, -0.25) is 9.48 Å². The molecule has 2 heterocycles. The first-order chi connectivity index (χ1) is 12.1. The molecule has 0 atom stereocenters. The Kier molecular flexibility index (Phi) is 5.36. The van der Waals surface area contributed by atoms with E-state index in [1.165, 1.54) is 6.07 Å². The molecule has 1 amide bonds. The summed E-state index contributed by atoms with van der Waals surface area (Å²) >= 11 is 0. The Morgan fingerprint density at radius 3 is 2.84 bits per heavy atom. The maximum atomic E-state index is 14.3. The average molecular weight is 344 g/mol. The molecule has 0 aliphatic carbocycles. The molecule has 134 valence electrons. The van der Waals surface area contributed by atoms with Gasteiger partial charge in [0.1, 0.15) is 5.82 Å². The summed E-state index contributed by atoms with van der Waals surface area (Å²) in [5.41, 5.74) is 3.00. The van der Waals surface area contributed by atoms with Crippen LogP contribution in [0.4, 0.5) is 10.1 Å². The Balaban J connectivity index is 1.66. The monoisotopic (exact) mass is 344 g/mol. The number of anilines is 1. The summed E-state index contributed by atoms with van der Waals surface area (Å²) in [6, 6.07) is 5.15. The molecule has 5 nitrogen and oxygen atoms in total. The highest BCUT2D eigenvalue weighted by Crippen LogP contribution is 2.21. The van der Waals surface area contributed by atoms with Crippen LogP contribution >= 0.6 is 0 Å². The van der Waals surface area contributed by atoms with Crippen molar-refractivity contribution in [3.63, 3.8) is 0 Å². The molecule has 3 rings (SSSR count). The predicted octanol–water partition coefficient (Wildman–Crippen LogP) is 3.13. The first-order valence-corrected chi connectivity index (χ1v) is 9.00. The number of halogens is 1. The summed E-state index contributed by atoms with van der Waals surface area (Å²) in [6.45, 7) is 6.71. The second-order valence-corrected chi connectivity index (χ2v) is 6.33. The molecule has 0 bridgehead atoms. The molecule has 0 spiro atoms. The van der Waals surface area contributed by atoms with E-state index < -0.39 is 0 Å². The van der Waals surface area contributed by atoms with Crippen LogP contribution in [0.1, 0.15) is 48.3 Å². The normalized spacial score (nSPS) is 13.4. The zero-order valence-electron chi connectivity index (χ0n) is 14.9. The number of aryl methyl sites for hydroxylation is 1. The second-order valence-electron chi connectivity index (χ2n) is 6.33. The maximum absolute atomic E-state index is 14.3. The summed E-state index contributed by atoms with van der Waals surface area (Å²) in [7, 11) is 0. The van der Waals surface area contributed by atoms with E-state index >= 15 is 0 Å². The lowest BCUT2D eigenvalue weighted by Gasteiger charge is -2.22. The van der Waals surface area contributed by atoms with E-state index in [1.807, 2.05) is 29.5 Å². The van der Waals surface area contributed by atoms with Crippen LogP contribution in [0.25, 0.3) is 0 Å². The summed E-state index contributed by atoms with van der Waals surface area (Å²) in [6.07, 6.45) is 4.72. The number of carbonyl (C=O) groups excluding carboxylic acids is 1. The molecule has 0 radical (unpaired) electrons. The van der Waals surface area contributed by atoms with Gasteiger partial charge in [0.25, 0.3) is 5.91 Å². The molecule has 1 N–H and O–H groups in total. The maximum Gasteiger partial charge on any atom is 0.255 e. The summed E-state index contributed by atoms with van der Waals surface area (Å²) < 4.78 is 16.2. The highest BCUT2D eigenvalue weighted by molar-refractivity contribution is 5.95. The topological polar surface area (TPSA) is 50.2 Å². The number of amides is 1. The standard InChI is InChI=1S/C19H25FN4O/c1-3-23(4-2)18-9-8-14(11-16(18)20)12-21-19(25)15-13-22-24-10-6-5-7-17(15)24/h8-9,11,13H,3-7,10,12H2,1-2H3,(H,21,25). The first kappa shape index (κ1) is 17.5. The van der Waals surface area contributed by atoms with Gasteiger partial charge < -0.3 is 10.2 Å². The summed E-state index contributed by atoms with van der Waals surface area (Å²) in [5, 5.41) is 7.17. The van der Waals surface area contributed by atoms with Crippen LogP contribution in [0.5, 0.6) is 0 Å². The molecule has 0 unspecified atom stereocenters. The molecule has 0 saturated carbocycles. The van der Waals surface area contributed by atoms with Crippen LogP contribution < -0.4 is 10.2 Å². The number of benzene rings is 1. The lowest BCUT2D eigenvalue weighted by Crippen LogP contribution is -2.25. The molecular formula is C19H25FN4O. The fourth-order valence-corrected chi connectivity index (χ4v) is 3.37. The van der Waals surface area contributed by atoms with Gasteiger partial charge in [-0.15, -0.1) is 0 Å². The number of hydrogen-bond donors (Lipinski definition) is 1. The van der Waals surface area contributed by atoms with Crippen molar-refractivity contribution in [3.05, 3.63) is 47.0 Å². The Morgan fingerprint density at radius 2 is 2.12 bits per heavy atom. The van der Waals surface area contributed by atoms with Gasteiger partial charge in [0.15, 0.2) is 0 Å². The average Bonchev–Trinajstić information content (AvgIpc) is 3.06. The Morgan fingerprint density at radius 1 is 1.32 bits per heavy atom. The van der Waals surface area contributed by atoms with E-state index in [1.54, 1.807) is 12.3 Å². The number of nitrogens with zero attached hydrogens (tertiary/aromatic N) is 3. The molecular weight excluding hydrogens is 319 g/mol. The molecule has 6 heteroatoms. The lowest BCUT2D eigenvalue weighted by molar-refractivity contribution is 0.0949. The Labute approximate surface area is 147 Å². The van der Waals surface area contributed by atoms with Gasteiger partial charge in [-0.1, -0.05) is 6.07 Å². The van der Waals surface area contributed by atoms with Crippen molar-refractivity contribution in [1.82, 2.24) is 15.1 Å². The van der Waals surface area contributed by atoms with Crippen molar-refractivity contribution in [2.75, 3.05) is 18.0 Å². The van der Waals surface area contributed by atoms with Gasteiger partial charge in [0.05, 0.1) is 23.1 Å². The van der Waals surface area contributed by atoms with Crippen LogP contribution in [0.15, 0.2) is 24.4 Å². The van der Waals surface area contributed by atoms with E-state index in [2.05, 4.69) is 10.4 Å². The summed E-state index contributed by atoms with van der Waals surface area (Å²) in [5.74, 6) is -0.394. The van der Waals surface area contributed by atoms with E-state index in [-0.39, 0.29) is 11.7 Å². The van der Waals surface area contributed by atoms with Gasteiger partial charge in [-0.05, 0) is 50.8 Å². The Bertz CT molecular complexity index is 752. The van der Waals surface area contributed by atoms with Gasteiger partial charge in [0.2, 0.25) is 0 Å². The molecule has 2 aromatic rings. The fourth-order valence-electron chi connectivity index (χ4n) is 3.37. The highest BCUT2D eigenvalue weighted by Gasteiger charge is 2.19. The van der Waals surface area contributed by atoms with Crippen molar-refractivity contribution < 1.29 is 9.18 Å². The van der Waals surface area contributed by atoms with Gasteiger partial charge in [-0.25, -0.2) is 4.39 Å². The number of aromatic nitrogens is 2. The highest BCUT2D eigenvalue weighted by atomic mass is 19.1. The zero-order chi connectivity index (χ0) is 17.8. The second kappa shape index (κ2) is 7.68. The van der Waals surface area contributed by atoms with Crippen molar-refractivity contribution >= 4 is 11.6 Å². The number of carbonyl (C=O) groups is 1. The van der Waals surface area contributed by atoms with E-state index in [4.69, 9.17) is 0 Å². The minimum atomic E-state index is -0.252. The lowest BCUT2D eigenvalue weighted by atomic mass is 10.1. The van der Waals surface area contributed by atoms with Crippen LogP contribution in [0, 0.1) is 5.82 Å². The molecule has 1 aliphatic rings. The third-order valence-electron chi connectivity index (χ3n) is 4.80. The third kappa shape index (κ3) is 3.67. The zero-order valence-corrected chi connectivity index (χ0v) is 14.9. The van der Waals surface area contributed by atoms with Gasteiger partial charge in [0, 0.05) is 26.2 Å². The molecule has 25 heavy (non-hydrogen) atoms. The quantitative estimate of drug-likeness (QED) is 0.876. The predicted molar refractivity (Wildman–Crippen MR) is 96.3 cm³/mol. The van der Waals surface area contributed by atoms with E-state index in [0.717, 1.165) is 50.2 Å². The number of nitrogens with one attached hydrogen (secondary N) is 1. The van der Waals surface area contributed by atoms with Crippen molar-refractivity contribution in [1.29, 1.82) is 0 Å². The van der Waals surface area contributed by atoms with Crippen LogP contribution in [0.3, 0.4) is 0 Å².